The van der Waals surface area contributed by atoms with E-state index in [1.54, 1.807) is 0 Å². The third-order valence-electron chi connectivity index (χ3n) is 2.07. The van der Waals surface area contributed by atoms with Gasteiger partial charge in [0.05, 0.1) is 0 Å². The Kier molecular flexibility index (Phi) is 3.68. The van der Waals surface area contributed by atoms with Crippen molar-refractivity contribution in [1.29, 1.82) is 0 Å². The summed E-state index contributed by atoms with van der Waals surface area (Å²) in [5.74, 6) is 0.719. The summed E-state index contributed by atoms with van der Waals surface area (Å²) in [6.07, 6.45) is 5.34. The van der Waals surface area contributed by atoms with Crippen molar-refractivity contribution in [2.75, 3.05) is 12.4 Å². The fourth-order valence-corrected chi connectivity index (χ4v) is 1.20. The molecule has 0 aliphatic heterocycles. The molecule has 3 nitrogen and oxygen atoms in total. The minimum absolute atomic E-state index is 0.719. The Labute approximate surface area is 79.6 Å². The van der Waals surface area contributed by atoms with Crippen LogP contribution >= 0.6 is 0 Å². The minimum atomic E-state index is 0.719. The maximum absolute atomic E-state index is 4.41. The Balaban J connectivity index is 2.78. The highest BCUT2D eigenvalue weighted by Crippen LogP contribution is 2.09. The average molecular weight is 179 g/mol. The quantitative estimate of drug-likeness (QED) is 0.769. The van der Waals surface area contributed by atoms with Gasteiger partial charge in [0.1, 0.15) is 0 Å². The van der Waals surface area contributed by atoms with Gasteiger partial charge in [-0.3, -0.25) is 0 Å². The zero-order valence-corrected chi connectivity index (χ0v) is 8.59. The number of aromatic nitrogens is 2. The van der Waals surface area contributed by atoms with Gasteiger partial charge in [0.15, 0.2) is 0 Å². The molecular weight excluding hydrogens is 162 g/mol. The number of rotatable bonds is 4. The molecule has 1 heterocycles. The molecule has 0 radical (unpaired) electrons. The lowest BCUT2D eigenvalue weighted by atomic mass is 10.1. The van der Waals surface area contributed by atoms with Crippen LogP contribution in [-0.4, -0.2) is 17.0 Å². The summed E-state index contributed by atoms with van der Waals surface area (Å²) in [6, 6.07) is 0. The molecule has 0 amide bonds. The topological polar surface area (TPSA) is 37.8 Å². The van der Waals surface area contributed by atoms with Crippen LogP contribution in [0.2, 0.25) is 0 Å². The molecule has 0 saturated heterocycles. The SMILES string of the molecule is CCCCc1nc(NC)ncc1C. The molecule has 3 heteroatoms. The normalized spacial score (nSPS) is 10.1. The van der Waals surface area contributed by atoms with E-state index >= 15 is 0 Å². The first-order valence-corrected chi connectivity index (χ1v) is 4.78. The third-order valence-corrected chi connectivity index (χ3v) is 2.07. The summed E-state index contributed by atoms with van der Waals surface area (Å²) < 4.78 is 0. The maximum Gasteiger partial charge on any atom is 0.222 e. The predicted octanol–water partition coefficient (Wildman–Crippen LogP) is 2.17. The van der Waals surface area contributed by atoms with Crippen LogP contribution < -0.4 is 5.32 Å². The van der Waals surface area contributed by atoms with Crippen molar-refractivity contribution in [1.82, 2.24) is 9.97 Å². The summed E-state index contributed by atoms with van der Waals surface area (Å²) in [7, 11) is 1.84. The van der Waals surface area contributed by atoms with Crippen molar-refractivity contribution in [3.63, 3.8) is 0 Å². The van der Waals surface area contributed by atoms with Crippen molar-refractivity contribution < 1.29 is 0 Å². The van der Waals surface area contributed by atoms with Crippen LogP contribution in [0.5, 0.6) is 0 Å². The zero-order valence-electron chi connectivity index (χ0n) is 8.59. The first-order valence-electron chi connectivity index (χ1n) is 4.78. The minimum Gasteiger partial charge on any atom is -0.357 e. The molecule has 0 bridgehead atoms. The Bertz CT molecular complexity index is 271. The highest BCUT2D eigenvalue weighted by Gasteiger charge is 2.01. The Morgan fingerprint density at radius 2 is 2.23 bits per heavy atom. The predicted molar refractivity (Wildman–Crippen MR) is 54.9 cm³/mol. The van der Waals surface area contributed by atoms with Crippen LogP contribution in [-0.2, 0) is 6.42 Å². The molecule has 13 heavy (non-hydrogen) atoms. The van der Waals surface area contributed by atoms with Crippen molar-refractivity contribution in [3.05, 3.63) is 17.5 Å². The summed E-state index contributed by atoms with van der Waals surface area (Å²) >= 11 is 0. The lowest BCUT2D eigenvalue weighted by Gasteiger charge is -2.05. The maximum atomic E-state index is 4.41. The fourth-order valence-electron chi connectivity index (χ4n) is 1.20. The molecule has 0 atom stereocenters. The molecule has 72 valence electrons. The molecule has 0 spiro atoms. The van der Waals surface area contributed by atoms with E-state index in [9.17, 15) is 0 Å². The molecule has 0 fully saturated rings. The first-order chi connectivity index (χ1) is 6.27. The van der Waals surface area contributed by atoms with E-state index in [1.807, 2.05) is 13.2 Å². The van der Waals surface area contributed by atoms with Gasteiger partial charge in [0.25, 0.3) is 0 Å². The number of hydrogen-bond donors (Lipinski definition) is 1. The van der Waals surface area contributed by atoms with Crippen molar-refractivity contribution in [3.8, 4) is 0 Å². The standard InChI is InChI=1S/C10H17N3/c1-4-5-6-9-8(2)7-12-10(11-3)13-9/h7H,4-6H2,1-3H3,(H,11,12,13). The van der Waals surface area contributed by atoms with Crippen LogP contribution in [0.15, 0.2) is 6.20 Å². The van der Waals surface area contributed by atoms with Gasteiger partial charge in [-0.2, -0.15) is 0 Å². The summed E-state index contributed by atoms with van der Waals surface area (Å²) in [6.45, 7) is 4.25. The van der Waals surface area contributed by atoms with Gasteiger partial charge in [0.2, 0.25) is 5.95 Å². The first kappa shape index (κ1) is 9.96. The van der Waals surface area contributed by atoms with E-state index in [2.05, 4.69) is 29.1 Å². The van der Waals surface area contributed by atoms with Crippen LogP contribution in [0.1, 0.15) is 31.0 Å². The van der Waals surface area contributed by atoms with Gasteiger partial charge in [-0.1, -0.05) is 13.3 Å². The van der Waals surface area contributed by atoms with Crippen LogP contribution in [0.4, 0.5) is 5.95 Å². The molecule has 0 unspecified atom stereocenters. The average Bonchev–Trinajstić information content (AvgIpc) is 2.17. The second kappa shape index (κ2) is 4.80. The molecule has 0 saturated carbocycles. The van der Waals surface area contributed by atoms with Gasteiger partial charge in [-0.15, -0.1) is 0 Å². The molecule has 0 aromatic carbocycles. The van der Waals surface area contributed by atoms with E-state index in [0.717, 1.165) is 12.4 Å². The highest BCUT2D eigenvalue weighted by atomic mass is 15.1. The Morgan fingerprint density at radius 1 is 1.46 bits per heavy atom. The molecule has 1 N–H and O–H groups in total. The van der Waals surface area contributed by atoms with Crippen LogP contribution in [0, 0.1) is 6.92 Å². The van der Waals surface area contributed by atoms with Gasteiger partial charge < -0.3 is 5.32 Å². The number of aryl methyl sites for hydroxylation is 2. The summed E-state index contributed by atoms with van der Waals surface area (Å²) in [5, 5.41) is 2.95. The van der Waals surface area contributed by atoms with Crippen molar-refractivity contribution in [2.24, 2.45) is 0 Å². The number of unbranched alkanes of at least 4 members (excludes halogenated alkanes) is 1. The summed E-state index contributed by atoms with van der Waals surface area (Å²) in [4.78, 5) is 8.55. The molecular formula is C10H17N3. The smallest absolute Gasteiger partial charge is 0.222 e. The van der Waals surface area contributed by atoms with Crippen molar-refractivity contribution >= 4 is 5.95 Å². The van der Waals surface area contributed by atoms with Crippen molar-refractivity contribution in [2.45, 2.75) is 33.1 Å². The Morgan fingerprint density at radius 3 is 2.85 bits per heavy atom. The van der Waals surface area contributed by atoms with E-state index < -0.39 is 0 Å². The second-order valence-corrected chi connectivity index (χ2v) is 3.18. The monoisotopic (exact) mass is 179 g/mol. The van der Waals surface area contributed by atoms with Gasteiger partial charge in [-0.05, 0) is 25.3 Å². The third kappa shape index (κ3) is 2.68. The second-order valence-electron chi connectivity index (χ2n) is 3.18. The highest BCUT2D eigenvalue weighted by molar-refractivity contribution is 5.28. The van der Waals surface area contributed by atoms with Crippen LogP contribution in [0.3, 0.4) is 0 Å². The lowest BCUT2D eigenvalue weighted by molar-refractivity contribution is 0.768. The van der Waals surface area contributed by atoms with E-state index in [1.165, 1.54) is 24.1 Å². The van der Waals surface area contributed by atoms with E-state index in [-0.39, 0.29) is 0 Å². The lowest BCUT2D eigenvalue weighted by Crippen LogP contribution is -2.02. The van der Waals surface area contributed by atoms with Gasteiger partial charge >= 0.3 is 0 Å². The fraction of sp³-hybridized carbons (Fsp3) is 0.600. The number of nitrogens with zero attached hydrogens (tertiary/aromatic N) is 2. The molecule has 1 aromatic heterocycles. The van der Waals surface area contributed by atoms with Gasteiger partial charge in [0, 0.05) is 18.9 Å². The molecule has 0 aliphatic rings. The molecule has 0 aliphatic carbocycles. The zero-order chi connectivity index (χ0) is 9.68. The van der Waals surface area contributed by atoms with Gasteiger partial charge in [-0.25, -0.2) is 9.97 Å². The number of nitrogens with one attached hydrogen (secondary N) is 1. The largest absolute Gasteiger partial charge is 0.357 e. The van der Waals surface area contributed by atoms with Crippen LogP contribution in [0.25, 0.3) is 0 Å². The number of anilines is 1. The Hall–Kier alpha value is -1.12. The van der Waals surface area contributed by atoms with E-state index in [0.29, 0.717) is 0 Å². The molecule has 1 aromatic rings. The summed E-state index contributed by atoms with van der Waals surface area (Å²) in [5.41, 5.74) is 2.36. The van der Waals surface area contributed by atoms with E-state index in [4.69, 9.17) is 0 Å². The number of hydrogen-bond acceptors (Lipinski definition) is 3. The molecule has 1 rings (SSSR count).